The Hall–Kier alpha value is -2.85. The van der Waals surface area contributed by atoms with E-state index in [0.717, 1.165) is 71.4 Å². The number of thiophene rings is 1. The number of fused-ring (bicyclic) bond motifs is 2. The van der Waals surface area contributed by atoms with E-state index in [2.05, 4.69) is 43.8 Å². The van der Waals surface area contributed by atoms with E-state index in [9.17, 15) is 9.18 Å². The zero-order valence-electron chi connectivity index (χ0n) is 18.6. The van der Waals surface area contributed by atoms with Crippen molar-refractivity contribution in [2.45, 2.75) is 46.1 Å². The van der Waals surface area contributed by atoms with Gasteiger partial charge in [-0.25, -0.2) is 9.37 Å². The van der Waals surface area contributed by atoms with Gasteiger partial charge in [-0.3, -0.25) is 4.79 Å². The number of benzene rings is 1. The van der Waals surface area contributed by atoms with Gasteiger partial charge in [-0.2, -0.15) is 0 Å². The van der Waals surface area contributed by atoms with Crippen LogP contribution in [0.2, 0.25) is 0 Å². The van der Waals surface area contributed by atoms with Gasteiger partial charge in [0.15, 0.2) is 11.0 Å². The van der Waals surface area contributed by atoms with Gasteiger partial charge in [0.05, 0.1) is 15.3 Å². The molecule has 33 heavy (non-hydrogen) atoms. The second-order valence-electron chi connectivity index (χ2n) is 8.00. The number of anilines is 2. The van der Waals surface area contributed by atoms with E-state index in [1.165, 1.54) is 17.4 Å². The maximum Gasteiger partial charge on any atom is 0.265 e. The maximum absolute atomic E-state index is 14.6. The molecule has 5 rings (SSSR count). The van der Waals surface area contributed by atoms with E-state index in [1.807, 2.05) is 6.07 Å². The number of halogens is 1. The molecule has 1 N–H and O–H groups in total. The van der Waals surface area contributed by atoms with Crippen LogP contribution >= 0.6 is 22.7 Å². The molecule has 1 amide bonds. The molecule has 7 nitrogen and oxygen atoms in total. The summed E-state index contributed by atoms with van der Waals surface area (Å²) in [6, 6.07) is 6.53. The van der Waals surface area contributed by atoms with Crippen molar-refractivity contribution in [1.29, 1.82) is 0 Å². The molecule has 172 valence electrons. The molecule has 1 aliphatic rings. The first-order chi connectivity index (χ1) is 16.1. The van der Waals surface area contributed by atoms with Crippen LogP contribution in [-0.4, -0.2) is 38.7 Å². The summed E-state index contributed by atoms with van der Waals surface area (Å²) in [6.07, 6.45) is 4.24. The molecule has 0 fully saturated rings. The number of thiazole rings is 1. The van der Waals surface area contributed by atoms with Gasteiger partial charge in [-0.1, -0.05) is 17.8 Å². The molecule has 10 heteroatoms. The van der Waals surface area contributed by atoms with Crippen molar-refractivity contribution >= 4 is 48.9 Å². The number of rotatable bonds is 6. The fraction of sp³-hybridized carbons (Fsp3) is 0.391. The highest BCUT2D eigenvalue weighted by Crippen LogP contribution is 2.35. The molecule has 1 aromatic carbocycles. The summed E-state index contributed by atoms with van der Waals surface area (Å²) in [5.74, 6) is 0.855. The smallest absolute Gasteiger partial charge is 0.265 e. The molecule has 0 bridgehead atoms. The van der Waals surface area contributed by atoms with Crippen molar-refractivity contribution in [3.05, 3.63) is 40.8 Å². The SMILES string of the molecule is CCN(CC)c1nc2sc(C(=O)Nc3cc(-c4nnc5n4CCCCC5)ccc3F)cc2s1. The van der Waals surface area contributed by atoms with Gasteiger partial charge in [0.2, 0.25) is 0 Å². The standard InChI is InChI=1S/C23H25FN6OS2/c1-3-29(4-2)23-26-22-18(33-23)13-17(32-22)21(31)25-16-12-14(9-10-15(16)24)20-28-27-19-8-6-5-7-11-30(19)20/h9-10,12-13H,3-8,11H2,1-2H3,(H,25,31). The minimum absolute atomic E-state index is 0.136. The highest BCUT2D eigenvalue weighted by Gasteiger charge is 2.20. The van der Waals surface area contributed by atoms with E-state index in [1.54, 1.807) is 23.5 Å². The van der Waals surface area contributed by atoms with Gasteiger partial charge >= 0.3 is 0 Å². The predicted molar refractivity (Wildman–Crippen MR) is 132 cm³/mol. The number of amides is 1. The van der Waals surface area contributed by atoms with Crippen LogP contribution in [0.3, 0.4) is 0 Å². The third kappa shape index (κ3) is 4.24. The maximum atomic E-state index is 14.6. The fourth-order valence-electron chi connectivity index (χ4n) is 4.11. The van der Waals surface area contributed by atoms with Crippen LogP contribution in [0.5, 0.6) is 0 Å². The molecule has 4 heterocycles. The summed E-state index contributed by atoms with van der Waals surface area (Å²) in [5, 5.41) is 12.4. The van der Waals surface area contributed by atoms with E-state index in [4.69, 9.17) is 0 Å². The zero-order valence-corrected chi connectivity index (χ0v) is 20.2. The first-order valence-corrected chi connectivity index (χ1v) is 12.9. The summed E-state index contributed by atoms with van der Waals surface area (Å²) in [4.78, 5) is 21.1. The quantitative estimate of drug-likeness (QED) is 0.387. The molecule has 0 saturated heterocycles. The van der Waals surface area contributed by atoms with Gasteiger partial charge in [-0.15, -0.1) is 21.5 Å². The summed E-state index contributed by atoms with van der Waals surface area (Å²) in [6.45, 7) is 6.81. The van der Waals surface area contributed by atoms with Gasteiger partial charge < -0.3 is 14.8 Å². The molecule has 3 aromatic heterocycles. The number of nitrogens with one attached hydrogen (secondary N) is 1. The van der Waals surface area contributed by atoms with E-state index < -0.39 is 5.82 Å². The van der Waals surface area contributed by atoms with E-state index in [-0.39, 0.29) is 11.6 Å². The third-order valence-electron chi connectivity index (χ3n) is 5.92. The Morgan fingerprint density at radius 3 is 2.79 bits per heavy atom. The summed E-state index contributed by atoms with van der Waals surface area (Å²) in [5.41, 5.74) is 0.877. The Balaban J connectivity index is 1.39. The molecule has 0 saturated carbocycles. The van der Waals surface area contributed by atoms with Crippen molar-refractivity contribution in [1.82, 2.24) is 19.7 Å². The van der Waals surface area contributed by atoms with Crippen LogP contribution in [0.4, 0.5) is 15.2 Å². The number of nitrogens with zero attached hydrogens (tertiary/aromatic N) is 5. The first kappa shape index (κ1) is 22.0. The number of carbonyl (C=O) groups is 1. The second kappa shape index (κ2) is 9.18. The van der Waals surface area contributed by atoms with Gasteiger partial charge in [0.1, 0.15) is 16.5 Å². The molecule has 0 aliphatic carbocycles. The van der Waals surface area contributed by atoms with Crippen LogP contribution < -0.4 is 10.2 Å². The van der Waals surface area contributed by atoms with Crippen LogP contribution in [0.15, 0.2) is 24.3 Å². The lowest BCUT2D eigenvalue weighted by atomic mass is 10.1. The molecule has 1 aliphatic heterocycles. The first-order valence-electron chi connectivity index (χ1n) is 11.3. The van der Waals surface area contributed by atoms with E-state index >= 15 is 0 Å². The van der Waals surface area contributed by atoms with Crippen molar-refractivity contribution in [2.24, 2.45) is 0 Å². The lowest BCUT2D eigenvalue weighted by Gasteiger charge is -2.16. The summed E-state index contributed by atoms with van der Waals surface area (Å²) < 4.78 is 17.7. The molecule has 4 aromatic rings. The van der Waals surface area contributed by atoms with Crippen LogP contribution in [0, 0.1) is 5.82 Å². The fourth-order valence-corrected chi connectivity index (χ4v) is 6.34. The minimum atomic E-state index is -0.483. The van der Waals surface area contributed by atoms with Crippen molar-refractivity contribution in [2.75, 3.05) is 23.3 Å². The molecule has 0 spiro atoms. The highest BCUT2D eigenvalue weighted by molar-refractivity contribution is 7.29. The molecular formula is C23H25FN6OS2. The van der Waals surface area contributed by atoms with Crippen molar-refractivity contribution in [3.63, 3.8) is 0 Å². The molecule has 0 atom stereocenters. The van der Waals surface area contributed by atoms with Gasteiger partial charge in [0.25, 0.3) is 5.91 Å². The average Bonchev–Trinajstić information content (AvgIpc) is 3.45. The zero-order chi connectivity index (χ0) is 22.9. The highest BCUT2D eigenvalue weighted by atomic mass is 32.1. The average molecular weight is 485 g/mol. The summed E-state index contributed by atoms with van der Waals surface area (Å²) in [7, 11) is 0. The third-order valence-corrected chi connectivity index (χ3v) is 8.14. The number of hydrogen-bond acceptors (Lipinski definition) is 7. The molecular weight excluding hydrogens is 459 g/mol. The van der Waals surface area contributed by atoms with Crippen LogP contribution in [0.1, 0.15) is 48.6 Å². The van der Waals surface area contributed by atoms with Gasteiger partial charge in [-0.05, 0) is 51.0 Å². The Bertz CT molecular complexity index is 1270. The normalized spacial score (nSPS) is 13.7. The Morgan fingerprint density at radius 2 is 2.00 bits per heavy atom. The van der Waals surface area contributed by atoms with Crippen LogP contribution in [-0.2, 0) is 13.0 Å². The monoisotopic (exact) mass is 484 g/mol. The lowest BCUT2D eigenvalue weighted by Crippen LogP contribution is -2.21. The number of aromatic nitrogens is 4. The van der Waals surface area contributed by atoms with Crippen molar-refractivity contribution < 1.29 is 9.18 Å². The largest absolute Gasteiger partial charge is 0.349 e. The van der Waals surface area contributed by atoms with Crippen molar-refractivity contribution in [3.8, 4) is 11.4 Å². The predicted octanol–water partition coefficient (Wildman–Crippen LogP) is 5.58. The summed E-state index contributed by atoms with van der Waals surface area (Å²) >= 11 is 2.90. The Labute approximate surface area is 199 Å². The number of hydrogen-bond donors (Lipinski definition) is 1. The van der Waals surface area contributed by atoms with Gasteiger partial charge in [0, 0.05) is 31.6 Å². The number of carbonyl (C=O) groups excluding carboxylic acids is 1. The Morgan fingerprint density at radius 1 is 1.15 bits per heavy atom. The lowest BCUT2D eigenvalue weighted by molar-refractivity contribution is 0.103. The van der Waals surface area contributed by atoms with E-state index in [0.29, 0.717) is 10.7 Å². The second-order valence-corrected chi connectivity index (χ2v) is 10.0. The molecule has 0 unspecified atom stereocenters. The number of aryl methyl sites for hydroxylation is 1. The molecule has 0 radical (unpaired) electrons. The van der Waals surface area contributed by atoms with Crippen LogP contribution in [0.25, 0.3) is 20.9 Å². The topological polar surface area (TPSA) is 75.9 Å². The Kier molecular flexibility index (Phi) is 6.11. The minimum Gasteiger partial charge on any atom is -0.349 e.